The molecule has 0 aromatic rings. The van der Waals surface area contributed by atoms with Gasteiger partial charge in [0.1, 0.15) is 0 Å². The minimum atomic E-state index is -1.69. The summed E-state index contributed by atoms with van der Waals surface area (Å²) >= 11 is 0. The summed E-state index contributed by atoms with van der Waals surface area (Å²) in [4.78, 5) is 0. The molecule has 0 aromatic heterocycles. The summed E-state index contributed by atoms with van der Waals surface area (Å²) in [5.41, 5.74) is 0. The molecule has 1 aliphatic rings. The minimum absolute atomic E-state index is 0.225. The van der Waals surface area contributed by atoms with Crippen molar-refractivity contribution in [3.05, 3.63) is 0 Å². The molecular formula is C27H57NO9Si. The van der Waals surface area contributed by atoms with Gasteiger partial charge in [0, 0.05) is 0 Å². The molecule has 10 nitrogen and oxygen atoms in total. The second-order valence-corrected chi connectivity index (χ2v) is 15.5. The molecule has 0 spiro atoms. The van der Waals surface area contributed by atoms with Crippen LogP contribution in [-0.4, -0.2) is 133 Å². The number of nitrogens with one attached hydrogen (secondary N) is 1. The van der Waals surface area contributed by atoms with Crippen LogP contribution in [0.1, 0.15) is 33.6 Å². The highest BCUT2D eigenvalue weighted by molar-refractivity contribution is 6.74. The lowest BCUT2D eigenvalue weighted by Gasteiger charge is -2.36. The zero-order valence-corrected chi connectivity index (χ0v) is 25.9. The lowest BCUT2D eigenvalue weighted by molar-refractivity contribution is -0.0315. The number of hydrogen-bond donors (Lipinski definition) is 1. The third kappa shape index (κ3) is 20.7. The van der Waals surface area contributed by atoms with Gasteiger partial charge in [-0.3, -0.25) is 0 Å². The Labute approximate surface area is 232 Å². The topological polar surface area (TPSA) is 95.1 Å². The van der Waals surface area contributed by atoms with Crippen molar-refractivity contribution in [2.75, 3.05) is 119 Å². The molecule has 228 valence electrons. The number of piperidine rings is 1. The highest BCUT2D eigenvalue weighted by Crippen LogP contribution is 2.36. The first-order valence-electron chi connectivity index (χ1n) is 14.3. The van der Waals surface area contributed by atoms with Crippen LogP contribution in [0.5, 0.6) is 0 Å². The van der Waals surface area contributed by atoms with E-state index in [1.54, 1.807) is 0 Å². The Morgan fingerprint density at radius 2 is 0.842 bits per heavy atom. The van der Waals surface area contributed by atoms with Crippen molar-refractivity contribution in [1.29, 1.82) is 0 Å². The molecule has 0 radical (unpaired) electrons. The fraction of sp³-hybridized carbons (Fsp3) is 1.00. The first kappa shape index (κ1) is 35.8. The molecule has 0 saturated carbocycles. The van der Waals surface area contributed by atoms with Crippen molar-refractivity contribution in [3.8, 4) is 0 Å². The number of rotatable bonds is 26. The summed E-state index contributed by atoms with van der Waals surface area (Å²) in [5.74, 6) is 0. The molecular weight excluding hydrogens is 510 g/mol. The summed E-state index contributed by atoms with van der Waals surface area (Å²) in [6, 6.07) is 0. The molecule has 1 aliphatic heterocycles. The van der Waals surface area contributed by atoms with Crippen LogP contribution < -0.4 is 5.32 Å². The van der Waals surface area contributed by atoms with E-state index in [2.05, 4.69) is 39.2 Å². The van der Waals surface area contributed by atoms with E-state index in [9.17, 15) is 0 Å². The molecule has 0 unspecified atom stereocenters. The van der Waals surface area contributed by atoms with E-state index in [-0.39, 0.29) is 5.04 Å². The maximum atomic E-state index is 6.07. The molecule has 11 heteroatoms. The average molecular weight is 568 g/mol. The molecule has 38 heavy (non-hydrogen) atoms. The zero-order chi connectivity index (χ0) is 27.8. The lowest BCUT2D eigenvalue weighted by Crippen LogP contribution is -2.41. The second kappa shape index (κ2) is 23.5. The maximum absolute atomic E-state index is 6.07. The standard InChI is InChI=1S/C27H57NO9Si/c1-27(2,3)38(4,5)37-25-23-35-21-19-33-17-15-31-13-11-29-10-12-30-14-16-32-18-20-34-22-24-36-26-6-8-28-9-7-26/h26,28H,6-25H2,1-5H3. The second-order valence-electron chi connectivity index (χ2n) is 10.7. The molecule has 0 bridgehead atoms. The van der Waals surface area contributed by atoms with Crippen molar-refractivity contribution in [2.45, 2.75) is 57.8 Å². The van der Waals surface area contributed by atoms with Crippen molar-refractivity contribution < 1.29 is 42.3 Å². The van der Waals surface area contributed by atoms with Crippen LogP contribution in [0.15, 0.2) is 0 Å². The van der Waals surface area contributed by atoms with Gasteiger partial charge in [-0.1, -0.05) is 20.8 Å². The van der Waals surface area contributed by atoms with E-state index in [1.807, 2.05) is 0 Å². The molecule has 0 atom stereocenters. The van der Waals surface area contributed by atoms with Crippen LogP contribution in [0.4, 0.5) is 0 Å². The quantitative estimate of drug-likeness (QED) is 0.124. The summed E-state index contributed by atoms with van der Waals surface area (Å²) in [6.45, 7) is 22.4. The Kier molecular flexibility index (Phi) is 22.2. The Morgan fingerprint density at radius 3 is 1.18 bits per heavy atom. The van der Waals surface area contributed by atoms with Gasteiger partial charge in [0.25, 0.3) is 0 Å². The molecule has 0 aromatic carbocycles. The predicted molar refractivity (Wildman–Crippen MR) is 151 cm³/mol. The molecule has 1 heterocycles. The number of hydrogen-bond acceptors (Lipinski definition) is 10. The zero-order valence-electron chi connectivity index (χ0n) is 24.9. The van der Waals surface area contributed by atoms with Gasteiger partial charge in [0.2, 0.25) is 0 Å². The van der Waals surface area contributed by atoms with Gasteiger partial charge in [0.15, 0.2) is 8.32 Å². The summed E-state index contributed by atoms with van der Waals surface area (Å²) in [6.07, 6.45) is 2.55. The SMILES string of the molecule is CC(C)(C)[Si](C)(C)OCCOCCOCCOCCOCCOCCOCCOCCOC1CCNCC1. The van der Waals surface area contributed by atoms with Gasteiger partial charge in [-0.25, -0.2) is 0 Å². The fourth-order valence-corrected chi connectivity index (χ4v) is 4.26. The van der Waals surface area contributed by atoms with Crippen LogP contribution in [0.2, 0.25) is 18.1 Å². The van der Waals surface area contributed by atoms with Gasteiger partial charge >= 0.3 is 0 Å². The molecule has 0 aliphatic carbocycles. The van der Waals surface area contributed by atoms with E-state index < -0.39 is 8.32 Å². The van der Waals surface area contributed by atoms with Gasteiger partial charge < -0.3 is 47.6 Å². The third-order valence-electron chi connectivity index (χ3n) is 6.60. The predicted octanol–water partition coefficient (Wildman–Crippen LogP) is 2.89. The van der Waals surface area contributed by atoms with E-state index in [1.165, 1.54) is 0 Å². The highest BCUT2D eigenvalue weighted by Gasteiger charge is 2.36. The third-order valence-corrected chi connectivity index (χ3v) is 11.1. The first-order valence-corrected chi connectivity index (χ1v) is 17.2. The van der Waals surface area contributed by atoms with Crippen LogP contribution >= 0.6 is 0 Å². The minimum Gasteiger partial charge on any atom is -0.414 e. The molecule has 1 fully saturated rings. The van der Waals surface area contributed by atoms with Crippen molar-refractivity contribution >= 4 is 8.32 Å². The van der Waals surface area contributed by atoms with Crippen LogP contribution in [-0.2, 0) is 42.3 Å². The van der Waals surface area contributed by atoms with Crippen LogP contribution in [0.25, 0.3) is 0 Å². The normalized spacial score (nSPS) is 15.4. The van der Waals surface area contributed by atoms with Gasteiger partial charge in [-0.15, -0.1) is 0 Å². The average Bonchev–Trinajstić information content (AvgIpc) is 2.88. The highest BCUT2D eigenvalue weighted by atomic mass is 28.4. The van der Waals surface area contributed by atoms with Gasteiger partial charge in [0.05, 0.1) is 112 Å². The Bertz CT molecular complexity index is 517. The maximum Gasteiger partial charge on any atom is 0.192 e. The Morgan fingerprint density at radius 1 is 0.526 bits per heavy atom. The number of ether oxygens (including phenoxy) is 8. The lowest BCUT2D eigenvalue weighted by atomic mass is 10.1. The van der Waals surface area contributed by atoms with Gasteiger partial charge in [-0.05, 0) is 44.1 Å². The van der Waals surface area contributed by atoms with Crippen molar-refractivity contribution in [2.24, 2.45) is 0 Å². The van der Waals surface area contributed by atoms with Crippen molar-refractivity contribution in [1.82, 2.24) is 5.32 Å². The van der Waals surface area contributed by atoms with E-state index in [0.717, 1.165) is 25.9 Å². The largest absolute Gasteiger partial charge is 0.414 e. The van der Waals surface area contributed by atoms with E-state index in [0.29, 0.717) is 112 Å². The monoisotopic (exact) mass is 567 g/mol. The molecule has 0 amide bonds. The van der Waals surface area contributed by atoms with E-state index >= 15 is 0 Å². The molecule has 1 rings (SSSR count). The smallest absolute Gasteiger partial charge is 0.192 e. The Balaban J connectivity index is 1.67. The van der Waals surface area contributed by atoms with Crippen LogP contribution in [0, 0.1) is 0 Å². The summed E-state index contributed by atoms with van der Waals surface area (Å²) in [7, 11) is -1.69. The van der Waals surface area contributed by atoms with Gasteiger partial charge in [-0.2, -0.15) is 0 Å². The molecule has 1 N–H and O–H groups in total. The van der Waals surface area contributed by atoms with E-state index in [4.69, 9.17) is 42.3 Å². The molecule has 1 saturated heterocycles. The Hall–Kier alpha value is -0.183. The first-order chi connectivity index (χ1) is 18.3. The summed E-state index contributed by atoms with van der Waals surface area (Å²) < 4.78 is 50.4. The van der Waals surface area contributed by atoms with Crippen molar-refractivity contribution in [3.63, 3.8) is 0 Å². The fourth-order valence-electron chi connectivity index (χ4n) is 3.23. The van der Waals surface area contributed by atoms with Crippen LogP contribution in [0.3, 0.4) is 0 Å². The summed E-state index contributed by atoms with van der Waals surface area (Å²) in [5, 5.41) is 3.55.